The van der Waals surface area contributed by atoms with Crippen LogP contribution in [0.25, 0.3) is 0 Å². The van der Waals surface area contributed by atoms with Gasteiger partial charge in [-0.25, -0.2) is 9.18 Å². The zero-order chi connectivity index (χ0) is 18.2. The molecule has 0 aromatic heterocycles. The molecule has 1 aromatic carbocycles. The molecule has 25 heavy (non-hydrogen) atoms. The highest BCUT2D eigenvalue weighted by Crippen LogP contribution is 2.17. The van der Waals surface area contributed by atoms with E-state index in [1.807, 2.05) is 6.92 Å². The Balaban J connectivity index is 1.77. The fourth-order valence-electron chi connectivity index (χ4n) is 2.72. The minimum absolute atomic E-state index is 0.0789. The van der Waals surface area contributed by atoms with Gasteiger partial charge in [0.15, 0.2) is 0 Å². The van der Waals surface area contributed by atoms with Crippen LogP contribution >= 0.6 is 0 Å². The fraction of sp³-hybridized carbons (Fsp3) is 0.444. The highest BCUT2D eigenvalue weighted by Gasteiger charge is 2.25. The van der Waals surface area contributed by atoms with Crippen LogP contribution in [0.3, 0.4) is 0 Å². The van der Waals surface area contributed by atoms with Crippen LogP contribution in [0.1, 0.15) is 6.92 Å². The Bertz CT molecular complexity index is 610. The molecule has 7 heteroatoms. The smallest absolute Gasteiger partial charge is 0.330 e. The van der Waals surface area contributed by atoms with Crippen LogP contribution in [-0.4, -0.2) is 62.7 Å². The SMILES string of the molecule is COC(=O)/C=C/CNC(=O)C(C)N1CCN(c2ccc(F)cc2)CC1. The molecule has 1 fully saturated rings. The summed E-state index contributed by atoms with van der Waals surface area (Å²) in [6.07, 6.45) is 2.84. The zero-order valence-electron chi connectivity index (χ0n) is 14.6. The van der Waals surface area contributed by atoms with Crippen molar-refractivity contribution in [3.8, 4) is 0 Å². The number of esters is 1. The molecule has 1 atom stereocenters. The Morgan fingerprint density at radius 2 is 1.88 bits per heavy atom. The van der Waals surface area contributed by atoms with E-state index in [1.165, 1.54) is 25.3 Å². The van der Waals surface area contributed by atoms with E-state index >= 15 is 0 Å². The van der Waals surface area contributed by atoms with Gasteiger partial charge in [0.1, 0.15) is 5.82 Å². The number of amides is 1. The zero-order valence-corrected chi connectivity index (χ0v) is 14.6. The molecule has 6 nitrogen and oxygen atoms in total. The number of halogens is 1. The van der Waals surface area contributed by atoms with Crippen molar-refractivity contribution in [1.29, 1.82) is 0 Å². The van der Waals surface area contributed by atoms with Gasteiger partial charge in [-0.3, -0.25) is 9.69 Å². The van der Waals surface area contributed by atoms with Crippen molar-refractivity contribution in [3.05, 3.63) is 42.2 Å². The molecule has 2 rings (SSSR count). The Labute approximate surface area is 147 Å². The number of methoxy groups -OCH3 is 1. The van der Waals surface area contributed by atoms with Crippen LogP contribution in [0.2, 0.25) is 0 Å². The van der Waals surface area contributed by atoms with Gasteiger partial charge in [-0.15, -0.1) is 0 Å². The summed E-state index contributed by atoms with van der Waals surface area (Å²) in [4.78, 5) is 27.4. The second-order valence-electron chi connectivity index (χ2n) is 5.85. The third kappa shape index (κ3) is 5.56. The molecule has 1 N–H and O–H groups in total. The Kier molecular flexibility index (Phi) is 6.94. The van der Waals surface area contributed by atoms with E-state index in [0.717, 1.165) is 31.9 Å². The van der Waals surface area contributed by atoms with Crippen LogP contribution in [-0.2, 0) is 14.3 Å². The number of hydrogen-bond donors (Lipinski definition) is 1. The number of piperazine rings is 1. The molecular formula is C18H24FN3O3. The number of nitrogens with zero attached hydrogens (tertiary/aromatic N) is 2. The first-order valence-corrected chi connectivity index (χ1v) is 8.28. The lowest BCUT2D eigenvalue weighted by molar-refractivity contribution is -0.135. The predicted molar refractivity (Wildman–Crippen MR) is 93.8 cm³/mol. The average molecular weight is 349 g/mol. The van der Waals surface area contributed by atoms with Gasteiger partial charge >= 0.3 is 5.97 Å². The second kappa shape index (κ2) is 9.17. The monoisotopic (exact) mass is 349 g/mol. The molecule has 1 aliphatic rings. The molecule has 0 saturated carbocycles. The standard InChI is InChI=1S/C18H24FN3O3/c1-14(18(24)20-9-3-4-17(23)25-2)21-10-12-22(13-11-21)16-7-5-15(19)6-8-16/h3-8,14H,9-13H2,1-2H3,(H,20,24)/b4-3+. The van der Waals surface area contributed by atoms with Gasteiger partial charge in [0.05, 0.1) is 13.2 Å². The molecule has 1 aliphatic heterocycles. The van der Waals surface area contributed by atoms with E-state index in [-0.39, 0.29) is 24.3 Å². The van der Waals surface area contributed by atoms with E-state index in [1.54, 1.807) is 18.2 Å². The van der Waals surface area contributed by atoms with Crippen LogP contribution in [0.15, 0.2) is 36.4 Å². The second-order valence-corrected chi connectivity index (χ2v) is 5.85. The minimum atomic E-state index is -0.445. The van der Waals surface area contributed by atoms with Crippen molar-refractivity contribution in [2.75, 3.05) is 44.7 Å². The number of rotatable bonds is 6. The van der Waals surface area contributed by atoms with Gasteiger partial charge in [-0.1, -0.05) is 6.08 Å². The summed E-state index contributed by atoms with van der Waals surface area (Å²) in [7, 11) is 1.30. The normalized spacial score (nSPS) is 16.7. The highest BCUT2D eigenvalue weighted by molar-refractivity contribution is 5.83. The summed E-state index contributed by atoms with van der Waals surface area (Å²) in [6.45, 7) is 5.23. The van der Waals surface area contributed by atoms with E-state index in [9.17, 15) is 14.0 Å². The van der Waals surface area contributed by atoms with Crippen molar-refractivity contribution >= 4 is 17.6 Å². The van der Waals surface area contributed by atoms with E-state index in [2.05, 4.69) is 19.9 Å². The number of ether oxygens (including phenoxy) is 1. The molecular weight excluding hydrogens is 325 g/mol. The molecule has 0 bridgehead atoms. The van der Waals surface area contributed by atoms with Crippen molar-refractivity contribution in [3.63, 3.8) is 0 Å². The van der Waals surface area contributed by atoms with Crippen LogP contribution in [0.5, 0.6) is 0 Å². The van der Waals surface area contributed by atoms with Gasteiger partial charge in [0.25, 0.3) is 0 Å². The first-order chi connectivity index (χ1) is 12.0. The first-order valence-electron chi connectivity index (χ1n) is 8.28. The van der Waals surface area contributed by atoms with E-state index in [4.69, 9.17) is 0 Å². The Morgan fingerprint density at radius 1 is 1.24 bits per heavy atom. The maximum atomic E-state index is 13.0. The lowest BCUT2D eigenvalue weighted by atomic mass is 10.2. The largest absolute Gasteiger partial charge is 0.466 e. The molecule has 1 amide bonds. The molecule has 0 radical (unpaired) electrons. The Hall–Kier alpha value is -2.41. The van der Waals surface area contributed by atoms with Crippen LogP contribution in [0.4, 0.5) is 10.1 Å². The maximum Gasteiger partial charge on any atom is 0.330 e. The first kappa shape index (κ1) is 18.9. The molecule has 0 spiro atoms. The summed E-state index contributed by atoms with van der Waals surface area (Å²) >= 11 is 0. The average Bonchev–Trinajstić information content (AvgIpc) is 2.65. The lowest BCUT2D eigenvalue weighted by Gasteiger charge is -2.38. The molecule has 1 aromatic rings. The molecule has 1 unspecified atom stereocenters. The van der Waals surface area contributed by atoms with Gasteiger partial charge in [0.2, 0.25) is 5.91 Å². The van der Waals surface area contributed by atoms with Gasteiger partial charge in [-0.05, 0) is 31.2 Å². The van der Waals surface area contributed by atoms with Crippen molar-refractivity contribution in [2.24, 2.45) is 0 Å². The summed E-state index contributed by atoms with van der Waals surface area (Å²) in [5.41, 5.74) is 0.992. The summed E-state index contributed by atoms with van der Waals surface area (Å²) in [6, 6.07) is 6.21. The van der Waals surface area contributed by atoms with E-state index < -0.39 is 5.97 Å². The molecule has 1 heterocycles. The maximum absolute atomic E-state index is 13.0. The quantitative estimate of drug-likeness (QED) is 0.617. The summed E-state index contributed by atoms with van der Waals surface area (Å²) in [5, 5.41) is 2.78. The fourth-order valence-corrected chi connectivity index (χ4v) is 2.72. The number of benzene rings is 1. The van der Waals surface area contributed by atoms with Crippen molar-refractivity contribution < 1.29 is 18.7 Å². The number of carbonyl (C=O) groups is 2. The lowest BCUT2D eigenvalue weighted by Crippen LogP contribution is -2.54. The molecule has 136 valence electrons. The summed E-state index contributed by atoms with van der Waals surface area (Å²) < 4.78 is 17.5. The highest BCUT2D eigenvalue weighted by atomic mass is 19.1. The van der Waals surface area contributed by atoms with Crippen LogP contribution < -0.4 is 10.2 Å². The van der Waals surface area contributed by atoms with Gasteiger partial charge < -0.3 is 15.0 Å². The third-order valence-corrected chi connectivity index (χ3v) is 4.28. The minimum Gasteiger partial charge on any atom is -0.466 e. The number of nitrogens with one attached hydrogen (secondary N) is 1. The Morgan fingerprint density at radius 3 is 2.48 bits per heavy atom. The molecule has 0 aliphatic carbocycles. The van der Waals surface area contributed by atoms with Crippen molar-refractivity contribution in [2.45, 2.75) is 13.0 Å². The molecule has 1 saturated heterocycles. The third-order valence-electron chi connectivity index (χ3n) is 4.28. The van der Waals surface area contributed by atoms with Crippen LogP contribution in [0, 0.1) is 5.82 Å². The number of hydrogen-bond acceptors (Lipinski definition) is 5. The van der Waals surface area contributed by atoms with Gasteiger partial charge in [0, 0.05) is 44.5 Å². The predicted octanol–water partition coefficient (Wildman–Crippen LogP) is 1.18. The topological polar surface area (TPSA) is 61.9 Å². The number of carbonyl (C=O) groups excluding carboxylic acids is 2. The summed E-state index contributed by atoms with van der Waals surface area (Å²) in [5.74, 6) is -0.766. The number of anilines is 1. The van der Waals surface area contributed by atoms with Gasteiger partial charge in [-0.2, -0.15) is 0 Å². The van der Waals surface area contributed by atoms with E-state index in [0.29, 0.717) is 0 Å². The van der Waals surface area contributed by atoms with Crippen molar-refractivity contribution in [1.82, 2.24) is 10.2 Å².